The molecule has 3 aromatic rings. The Morgan fingerprint density at radius 3 is 2.64 bits per heavy atom. The predicted molar refractivity (Wildman–Crippen MR) is 123 cm³/mol. The first kappa shape index (κ1) is 22.3. The number of halogens is 1. The van der Waals surface area contributed by atoms with Crippen LogP contribution in [-0.2, 0) is 17.9 Å². The largest absolute Gasteiger partial charge is 0.497 e. The highest BCUT2D eigenvalue weighted by Gasteiger charge is 2.30. The summed E-state index contributed by atoms with van der Waals surface area (Å²) in [5, 5.41) is 2.79. The van der Waals surface area contributed by atoms with E-state index in [0.717, 1.165) is 16.9 Å². The van der Waals surface area contributed by atoms with Crippen LogP contribution < -0.4 is 14.8 Å². The number of hydrogen-bond donors (Lipinski definition) is 1. The molecule has 0 fully saturated rings. The van der Waals surface area contributed by atoms with Gasteiger partial charge < -0.3 is 19.7 Å². The number of methoxy groups -OCH3 is 1. The highest BCUT2D eigenvalue weighted by Crippen LogP contribution is 2.30. The van der Waals surface area contributed by atoms with Gasteiger partial charge in [0, 0.05) is 29.9 Å². The zero-order valence-electron chi connectivity index (χ0n) is 18.5. The molecule has 0 aliphatic carbocycles. The summed E-state index contributed by atoms with van der Waals surface area (Å²) >= 11 is 0. The number of hydrogen-bond acceptors (Lipinski definition) is 4. The average molecular weight is 448 g/mol. The molecule has 0 unspecified atom stereocenters. The summed E-state index contributed by atoms with van der Waals surface area (Å²) in [5.74, 6) is 0.378. The highest BCUT2D eigenvalue weighted by atomic mass is 19.1. The molecule has 1 heterocycles. The van der Waals surface area contributed by atoms with Crippen molar-refractivity contribution >= 4 is 17.5 Å². The van der Waals surface area contributed by atoms with E-state index in [9.17, 15) is 14.0 Å². The number of benzene rings is 3. The molecule has 33 heavy (non-hydrogen) atoms. The second-order valence-corrected chi connectivity index (χ2v) is 7.84. The molecule has 4 rings (SSSR count). The van der Waals surface area contributed by atoms with Crippen molar-refractivity contribution in [2.45, 2.75) is 32.5 Å². The number of fused-ring (bicyclic) bond motifs is 1. The molecule has 1 aliphatic rings. The molecule has 0 saturated heterocycles. The van der Waals surface area contributed by atoms with Crippen LogP contribution in [0.4, 0.5) is 10.1 Å². The Labute approximate surface area is 191 Å². The van der Waals surface area contributed by atoms with Crippen molar-refractivity contribution in [1.29, 1.82) is 0 Å². The first-order valence-electron chi connectivity index (χ1n) is 10.7. The van der Waals surface area contributed by atoms with Crippen LogP contribution in [0.5, 0.6) is 11.5 Å². The molecule has 2 amide bonds. The molecule has 1 aliphatic heterocycles. The van der Waals surface area contributed by atoms with Gasteiger partial charge in [0.2, 0.25) is 0 Å². The molecule has 7 heteroatoms. The van der Waals surface area contributed by atoms with Gasteiger partial charge in [-0.3, -0.25) is 9.59 Å². The maximum Gasteiger partial charge on any atom is 0.264 e. The molecule has 0 radical (unpaired) electrons. The van der Waals surface area contributed by atoms with Gasteiger partial charge in [-0.2, -0.15) is 0 Å². The van der Waals surface area contributed by atoms with Crippen LogP contribution in [0.3, 0.4) is 0 Å². The lowest BCUT2D eigenvalue weighted by atomic mass is 10.1. The number of rotatable bonds is 6. The third kappa shape index (κ3) is 5.14. The fourth-order valence-electron chi connectivity index (χ4n) is 3.76. The van der Waals surface area contributed by atoms with E-state index in [-0.39, 0.29) is 11.5 Å². The molecule has 1 N–H and O–H groups in total. The molecule has 0 spiro atoms. The summed E-state index contributed by atoms with van der Waals surface area (Å²) in [6.07, 6.45) is -0.0487. The highest BCUT2D eigenvalue weighted by molar-refractivity contribution is 6.04. The van der Waals surface area contributed by atoms with Gasteiger partial charge in [0.15, 0.2) is 6.10 Å². The SMILES string of the molecule is CC[C@@H]1Oc2ccc(NC(=O)c3cccc(F)c3)cc2CN(Cc2ccc(OC)cc2)C1=O. The Kier molecular flexibility index (Phi) is 6.58. The molecule has 0 bridgehead atoms. The summed E-state index contributed by atoms with van der Waals surface area (Å²) in [7, 11) is 1.61. The Balaban J connectivity index is 1.57. The van der Waals surface area contributed by atoms with E-state index in [1.807, 2.05) is 31.2 Å². The second kappa shape index (κ2) is 9.73. The summed E-state index contributed by atoms with van der Waals surface area (Å²) in [6, 6.07) is 18.3. The summed E-state index contributed by atoms with van der Waals surface area (Å²) in [6.45, 7) is 2.66. The van der Waals surface area contributed by atoms with Crippen LogP contribution in [0.25, 0.3) is 0 Å². The van der Waals surface area contributed by atoms with Gasteiger partial charge >= 0.3 is 0 Å². The summed E-state index contributed by atoms with van der Waals surface area (Å²) in [4.78, 5) is 27.4. The Morgan fingerprint density at radius 1 is 1.15 bits per heavy atom. The number of carbonyl (C=O) groups excluding carboxylic acids is 2. The van der Waals surface area contributed by atoms with Gasteiger partial charge in [-0.05, 0) is 60.5 Å². The fourth-order valence-corrected chi connectivity index (χ4v) is 3.76. The van der Waals surface area contributed by atoms with Crippen LogP contribution >= 0.6 is 0 Å². The lowest BCUT2D eigenvalue weighted by Gasteiger charge is -2.23. The van der Waals surface area contributed by atoms with Crippen LogP contribution in [-0.4, -0.2) is 29.9 Å². The lowest BCUT2D eigenvalue weighted by Crippen LogP contribution is -2.38. The van der Waals surface area contributed by atoms with Crippen molar-refractivity contribution in [3.8, 4) is 11.5 Å². The van der Waals surface area contributed by atoms with Gasteiger partial charge in [0.1, 0.15) is 17.3 Å². The third-order valence-electron chi connectivity index (χ3n) is 5.53. The number of carbonyl (C=O) groups is 2. The van der Waals surface area contributed by atoms with Crippen LogP contribution in [0.15, 0.2) is 66.7 Å². The normalized spacial score (nSPS) is 15.3. The minimum atomic E-state index is -0.586. The monoisotopic (exact) mass is 448 g/mol. The van der Waals surface area contributed by atoms with Crippen molar-refractivity contribution in [1.82, 2.24) is 4.90 Å². The zero-order chi connectivity index (χ0) is 23.4. The van der Waals surface area contributed by atoms with Crippen molar-refractivity contribution in [2.24, 2.45) is 0 Å². The maximum atomic E-state index is 13.5. The van der Waals surface area contributed by atoms with Crippen LogP contribution in [0.1, 0.15) is 34.8 Å². The lowest BCUT2D eigenvalue weighted by molar-refractivity contribution is -0.139. The van der Waals surface area contributed by atoms with Crippen molar-refractivity contribution in [2.75, 3.05) is 12.4 Å². The third-order valence-corrected chi connectivity index (χ3v) is 5.53. The van der Waals surface area contributed by atoms with Gasteiger partial charge in [0.05, 0.1) is 7.11 Å². The summed E-state index contributed by atoms with van der Waals surface area (Å²) < 4.78 is 24.7. The number of nitrogens with one attached hydrogen (secondary N) is 1. The van der Waals surface area contributed by atoms with E-state index < -0.39 is 17.8 Å². The zero-order valence-corrected chi connectivity index (χ0v) is 18.5. The molecule has 1 atom stereocenters. The first-order valence-corrected chi connectivity index (χ1v) is 10.7. The standard InChI is InChI=1S/C26H25FN2O4/c1-3-23-26(31)29(15-17-7-10-22(32-2)11-8-17)16-19-14-21(9-12-24(19)33-23)28-25(30)18-5-4-6-20(27)13-18/h4-14,23H,3,15-16H2,1-2H3,(H,28,30)/t23-/m0/s1. The van der Waals surface area contributed by atoms with E-state index in [2.05, 4.69) is 5.32 Å². The maximum absolute atomic E-state index is 13.5. The first-order chi connectivity index (χ1) is 16.0. The van der Waals surface area contributed by atoms with Gasteiger partial charge in [-0.15, -0.1) is 0 Å². The van der Waals surface area contributed by atoms with Crippen molar-refractivity contribution in [3.63, 3.8) is 0 Å². The Hall–Kier alpha value is -3.87. The molecule has 170 valence electrons. The molecule has 6 nitrogen and oxygen atoms in total. The molecular formula is C26H25FN2O4. The van der Waals surface area contributed by atoms with Crippen molar-refractivity contribution in [3.05, 3.63) is 89.2 Å². The average Bonchev–Trinajstić information content (AvgIpc) is 2.95. The second-order valence-electron chi connectivity index (χ2n) is 7.84. The number of nitrogens with zero attached hydrogens (tertiary/aromatic N) is 1. The molecule has 0 saturated carbocycles. The molecule has 3 aromatic carbocycles. The summed E-state index contributed by atoms with van der Waals surface area (Å²) in [5.41, 5.74) is 2.52. The van der Waals surface area contributed by atoms with E-state index in [0.29, 0.717) is 30.9 Å². The Morgan fingerprint density at radius 2 is 1.94 bits per heavy atom. The van der Waals surface area contributed by atoms with E-state index >= 15 is 0 Å². The van der Waals surface area contributed by atoms with E-state index in [1.165, 1.54) is 18.2 Å². The van der Waals surface area contributed by atoms with E-state index in [1.54, 1.807) is 36.3 Å². The minimum absolute atomic E-state index is 0.0881. The topological polar surface area (TPSA) is 67.9 Å². The van der Waals surface area contributed by atoms with Crippen LogP contribution in [0, 0.1) is 5.82 Å². The van der Waals surface area contributed by atoms with Crippen molar-refractivity contribution < 1.29 is 23.5 Å². The number of anilines is 1. The number of ether oxygens (including phenoxy) is 2. The predicted octanol–water partition coefficient (Wildman–Crippen LogP) is 4.79. The van der Waals surface area contributed by atoms with Crippen LogP contribution in [0.2, 0.25) is 0 Å². The van der Waals surface area contributed by atoms with Gasteiger partial charge in [-0.1, -0.05) is 25.1 Å². The fraction of sp³-hybridized carbons (Fsp3) is 0.231. The number of amides is 2. The van der Waals surface area contributed by atoms with Gasteiger partial charge in [0.25, 0.3) is 11.8 Å². The molecule has 0 aromatic heterocycles. The Bertz CT molecular complexity index is 1160. The smallest absolute Gasteiger partial charge is 0.264 e. The molecular weight excluding hydrogens is 423 g/mol. The van der Waals surface area contributed by atoms with E-state index in [4.69, 9.17) is 9.47 Å². The quantitative estimate of drug-likeness (QED) is 0.589. The van der Waals surface area contributed by atoms with Gasteiger partial charge in [-0.25, -0.2) is 4.39 Å². The minimum Gasteiger partial charge on any atom is -0.497 e.